The van der Waals surface area contributed by atoms with Crippen LogP contribution in [0.5, 0.6) is 0 Å². The zero-order valence-corrected chi connectivity index (χ0v) is 10.6. The van der Waals surface area contributed by atoms with Gasteiger partial charge in [0.05, 0.1) is 0 Å². The lowest BCUT2D eigenvalue weighted by molar-refractivity contribution is -0.140. The van der Waals surface area contributed by atoms with E-state index in [1.165, 1.54) is 0 Å². The summed E-state index contributed by atoms with van der Waals surface area (Å²) >= 11 is 0. The van der Waals surface area contributed by atoms with Crippen LogP contribution in [0.1, 0.15) is 38.7 Å². The van der Waals surface area contributed by atoms with E-state index in [2.05, 4.69) is 6.92 Å². The summed E-state index contributed by atoms with van der Waals surface area (Å²) in [6.45, 7) is 4.29. The standard InChI is InChI=1S/C15H20O2/c1-3-4-6-9-13(2)15(16)17-12-14-10-7-5-8-11-14/h5,7-11H,3-4,6,12H2,1-2H3/b13-9-. The Balaban J connectivity index is 2.36. The number of allylic oxidation sites excluding steroid dienone is 1. The van der Waals surface area contributed by atoms with Crippen LogP contribution in [0.4, 0.5) is 0 Å². The molecule has 0 spiro atoms. The maximum atomic E-state index is 11.6. The van der Waals surface area contributed by atoms with E-state index in [1.807, 2.05) is 43.3 Å². The van der Waals surface area contributed by atoms with Gasteiger partial charge in [-0.2, -0.15) is 0 Å². The Labute approximate surface area is 103 Å². The predicted octanol–water partition coefficient (Wildman–Crippen LogP) is 3.87. The van der Waals surface area contributed by atoms with Crippen LogP contribution in [-0.2, 0) is 16.1 Å². The summed E-state index contributed by atoms with van der Waals surface area (Å²) in [5.74, 6) is -0.218. The summed E-state index contributed by atoms with van der Waals surface area (Å²) in [5, 5.41) is 0. The molecule has 0 atom stereocenters. The van der Waals surface area contributed by atoms with Crippen molar-refractivity contribution >= 4 is 5.97 Å². The molecule has 0 saturated carbocycles. The maximum Gasteiger partial charge on any atom is 0.333 e. The van der Waals surface area contributed by atoms with Crippen LogP contribution in [0.3, 0.4) is 0 Å². The number of benzene rings is 1. The Morgan fingerprint density at radius 2 is 2.00 bits per heavy atom. The van der Waals surface area contributed by atoms with Gasteiger partial charge in [0, 0.05) is 5.57 Å². The molecule has 17 heavy (non-hydrogen) atoms. The van der Waals surface area contributed by atoms with Gasteiger partial charge in [-0.3, -0.25) is 0 Å². The van der Waals surface area contributed by atoms with Gasteiger partial charge in [-0.25, -0.2) is 4.79 Å². The fourth-order valence-electron chi connectivity index (χ4n) is 1.44. The van der Waals surface area contributed by atoms with E-state index in [1.54, 1.807) is 0 Å². The van der Waals surface area contributed by atoms with E-state index in [9.17, 15) is 4.79 Å². The monoisotopic (exact) mass is 232 g/mol. The van der Waals surface area contributed by atoms with Crippen LogP contribution in [0.15, 0.2) is 42.0 Å². The molecule has 0 saturated heterocycles. The normalized spacial score (nSPS) is 11.3. The molecular formula is C15H20O2. The van der Waals surface area contributed by atoms with Crippen LogP contribution in [0.25, 0.3) is 0 Å². The highest BCUT2D eigenvalue weighted by Crippen LogP contribution is 2.06. The molecule has 0 aliphatic heterocycles. The minimum atomic E-state index is -0.218. The van der Waals surface area contributed by atoms with E-state index < -0.39 is 0 Å². The number of unbranched alkanes of at least 4 members (excludes halogenated alkanes) is 2. The first-order valence-corrected chi connectivity index (χ1v) is 6.12. The molecule has 0 heterocycles. The van der Waals surface area contributed by atoms with Crippen molar-refractivity contribution in [3.05, 3.63) is 47.5 Å². The second-order valence-corrected chi connectivity index (χ2v) is 4.09. The Kier molecular flexibility index (Phi) is 6.08. The molecule has 1 aromatic carbocycles. The van der Waals surface area contributed by atoms with Gasteiger partial charge in [-0.05, 0) is 18.9 Å². The van der Waals surface area contributed by atoms with E-state index in [0.717, 1.165) is 24.8 Å². The molecule has 0 amide bonds. The third kappa shape index (κ3) is 5.34. The number of esters is 1. The van der Waals surface area contributed by atoms with Crippen LogP contribution >= 0.6 is 0 Å². The first kappa shape index (κ1) is 13.5. The highest BCUT2D eigenvalue weighted by molar-refractivity contribution is 5.87. The number of rotatable bonds is 6. The van der Waals surface area contributed by atoms with Crippen LogP contribution < -0.4 is 0 Å². The molecule has 92 valence electrons. The Hall–Kier alpha value is -1.57. The molecule has 0 aliphatic rings. The minimum Gasteiger partial charge on any atom is -0.457 e. The summed E-state index contributed by atoms with van der Waals surface area (Å²) in [5.41, 5.74) is 1.72. The molecular weight excluding hydrogens is 212 g/mol. The zero-order chi connectivity index (χ0) is 12.5. The Morgan fingerprint density at radius 3 is 2.65 bits per heavy atom. The Bertz CT molecular complexity index is 366. The molecule has 0 bridgehead atoms. The number of hydrogen-bond donors (Lipinski definition) is 0. The number of ether oxygens (including phenoxy) is 1. The van der Waals surface area contributed by atoms with Crippen molar-refractivity contribution in [1.82, 2.24) is 0 Å². The first-order chi connectivity index (χ1) is 8.24. The molecule has 0 fully saturated rings. The third-order valence-electron chi connectivity index (χ3n) is 2.54. The molecule has 0 unspecified atom stereocenters. The average molecular weight is 232 g/mol. The fourth-order valence-corrected chi connectivity index (χ4v) is 1.44. The van der Waals surface area contributed by atoms with Crippen molar-refractivity contribution in [2.45, 2.75) is 39.7 Å². The smallest absolute Gasteiger partial charge is 0.333 e. The summed E-state index contributed by atoms with van der Waals surface area (Å²) in [4.78, 5) is 11.6. The maximum absolute atomic E-state index is 11.6. The summed E-state index contributed by atoms with van der Waals surface area (Å²) < 4.78 is 5.21. The molecule has 1 rings (SSSR count). The summed E-state index contributed by atoms with van der Waals surface area (Å²) in [6.07, 6.45) is 5.16. The van der Waals surface area contributed by atoms with E-state index in [4.69, 9.17) is 4.74 Å². The van der Waals surface area contributed by atoms with Gasteiger partial charge in [0.1, 0.15) is 6.61 Å². The highest BCUT2D eigenvalue weighted by atomic mass is 16.5. The summed E-state index contributed by atoms with van der Waals surface area (Å²) in [6, 6.07) is 9.72. The lowest BCUT2D eigenvalue weighted by atomic mass is 10.2. The zero-order valence-electron chi connectivity index (χ0n) is 10.6. The molecule has 0 aliphatic carbocycles. The van der Waals surface area contributed by atoms with Gasteiger partial charge < -0.3 is 4.74 Å². The van der Waals surface area contributed by atoms with Crippen molar-refractivity contribution in [1.29, 1.82) is 0 Å². The minimum absolute atomic E-state index is 0.218. The van der Waals surface area contributed by atoms with Crippen LogP contribution in [0, 0.1) is 0 Å². The largest absolute Gasteiger partial charge is 0.457 e. The highest BCUT2D eigenvalue weighted by Gasteiger charge is 2.05. The lowest BCUT2D eigenvalue weighted by Crippen LogP contribution is -2.05. The van der Waals surface area contributed by atoms with E-state index >= 15 is 0 Å². The van der Waals surface area contributed by atoms with E-state index in [-0.39, 0.29) is 5.97 Å². The van der Waals surface area contributed by atoms with Gasteiger partial charge in [0.2, 0.25) is 0 Å². The van der Waals surface area contributed by atoms with Gasteiger partial charge in [-0.15, -0.1) is 0 Å². The van der Waals surface area contributed by atoms with Gasteiger partial charge >= 0.3 is 5.97 Å². The second-order valence-electron chi connectivity index (χ2n) is 4.09. The van der Waals surface area contributed by atoms with Gasteiger partial charge in [0.25, 0.3) is 0 Å². The molecule has 0 N–H and O–H groups in total. The molecule has 2 nitrogen and oxygen atoms in total. The van der Waals surface area contributed by atoms with E-state index in [0.29, 0.717) is 12.2 Å². The number of hydrogen-bond acceptors (Lipinski definition) is 2. The lowest BCUT2D eigenvalue weighted by Gasteiger charge is -2.05. The SMILES string of the molecule is CCCC/C=C(/C)C(=O)OCc1ccccc1. The molecule has 1 aromatic rings. The molecule has 0 aromatic heterocycles. The van der Waals surface area contributed by atoms with Gasteiger partial charge in [0.15, 0.2) is 0 Å². The van der Waals surface area contributed by atoms with Crippen LogP contribution in [0.2, 0.25) is 0 Å². The van der Waals surface area contributed by atoms with Crippen molar-refractivity contribution < 1.29 is 9.53 Å². The van der Waals surface area contributed by atoms with Crippen LogP contribution in [-0.4, -0.2) is 5.97 Å². The Morgan fingerprint density at radius 1 is 1.29 bits per heavy atom. The number of carbonyl (C=O) groups excluding carboxylic acids is 1. The molecule has 0 radical (unpaired) electrons. The van der Waals surface area contributed by atoms with Crippen molar-refractivity contribution in [2.24, 2.45) is 0 Å². The number of carbonyl (C=O) groups is 1. The molecule has 2 heteroatoms. The van der Waals surface area contributed by atoms with Crippen molar-refractivity contribution in [2.75, 3.05) is 0 Å². The first-order valence-electron chi connectivity index (χ1n) is 6.12. The van der Waals surface area contributed by atoms with Crippen molar-refractivity contribution in [3.63, 3.8) is 0 Å². The third-order valence-corrected chi connectivity index (χ3v) is 2.54. The topological polar surface area (TPSA) is 26.3 Å². The average Bonchev–Trinajstić information content (AvgIpc) is 2.37. The van der Waals surface area contributed by atoms with Gasteiger partial charge in [-0.1, -0.05) is 56.2 Å². The fraction of sp³-hybridized carbons (Fsp3) is 0.400. The quantitative estimate of drug-likeness (QED) is 0.423. The summed E-state index contributed by atoms with van der Waals surface area (Å²) in [7, 11) is 0. The predicted molar refractivity (Wildman–Crippen MR) is 69.5 cm³/mol. The second kappa shape index (κ2) is 7.66. The van der Waals surface area contributed by atoms with Crippen molar-refractivity contribution in [3.8, 4) is 0 Å².